The van der Waals surface area contributed by atoms with Crippen LogP contribution in [0, 0.1) is 0 Å². The average Bonchev–Trinajstić information content (AvgIpc) is 3.24. The Labute approximate surface area is 187 Å². The Balaban J connectivity index is 1.42. The van der Waals surface area contributed by atoms with Crippen LogP contribution in [0.3, 0.4) is 0 Å². The molecule has 0 atom stereocenters. The van der Waals surface area contributed by atoms with Gasteiger partial charge in [0.25, 0.3) is 0 Å². The van der Waals surface area contributed by atoms with Crippen molar-refractivity contribution in [1.82, 2.24) is 9.55 Å². The number of aromatic nitrogens is 2. The van der Waals surface area contributed by atoms with Crippen molar-refractivity contribution in [3.63, 3.8) is 0 Å². The Kier molecular flexibility index (Phi) is 5.55. The van der Waals surface area contributed by atoms with E-state index in [1.54, 1.807) is 0 Å². The number of carbonyl (C=O) groups is 1. The number of halogens is 1. The summed E-state index contributed by atoms with van der Waals surface area (Å²) in [6, 6.07) is 15.6. The van der Waals surface area contributed by atoms with E-state index in [4.69, 9.17) is 21.3 Å². The van der Waals surface area contributed by atoms with Gasteiger partial charge in [-0.3, -0.25) is 4.79 Å². The summed E-state index contributed by atoms with van der Waals surface area (Å²) in [7, 11) is 0. The van der Waals surface area contributed by atoms with E-state index in [2.05, 4.69) is 16.1 Å². The number of aryl methyl sites for hydroxylation is 2. The van der Waals surface area contributed by atoms with Gasteiger partial charge in [0.2, 0.25) is 5.91 Å². The van der Waals surface area contributed by atoms with E-state index in [9.17, 15) is 4.79 Å². The van der Waals surface area contributed by atoms with Gasteiger partial charge in [-0.05, 0) is 55.5 Å². The van der Waals surface area contributed by atoms with Crippen molar-refractivity contribution < 1.29 is 9.53 Å². The first-order valence-electron chi connectivity index (χ1n) is 11.0. The Morgan fingerprint density at radius 1 is 1.10 bits per heavy atom. The maximum Gasteiger partial charge on any atom is 0.235 e. The molecule has 0 bridgehead atoms. The van der Waals surface area contributed by atoms with Crippen LogP contribution >= 0.6 is 11.6 Å². The molecule has 6 heteroatoms. The normalized spacial score (nSPS) is 17.7. The van der Waals surface area contributed by atoms with Crippen LogP contribution in [0.2, 0.25) is 5.02 Å². The van der Waals surface area contributed by atoms with Crippen LogP contribution in [0.25, 0.3) is 11.3 Å². The van der Waals surface area contributed by atoms with E-state index in [0.717, 1.165) is 41.3 Å². The molecule has 2 aliphatic heterocycles. The van der Waals surface area contributed by atoms with Crippen molar-refractivity contribution in [1.29, 1.82) is 0 Å². The van der Waals surface area contributed by atoms with Gasteiger partial charge in [-0.15, -0.1) is 0 Å². The summed E-state index contributed by atoms with van der Waals surface area (Å²) in [6.45, 7) is 2.14. The number of amides is 1. The Morgan fingerprint density at radius 3 is 2.74 bits per heavy atom. The van der Waals surface area contributed by atoms with Crippen molar-refractivity contribution in [2.24, 2.45) is 0 Å². The minimum Gasteiger partial charge on any atom is -0.381 e. The molecule has 2 aromatic carbocycles. The number of imidazole rings is 1. The quantitative estimate of drug-likeness (QED) is 0.610. The van der Waals surface area contributed by atoms with Gasteiger partial charge in [0.1, 0.15) is 5.82 Å². The van der Waals surface area contributed by atoms with E-state index in [1.807, 2.05) is 48.5 Å². The maximum absolute atomic E-state index is 13.6. The molecule has 160 valence electrons. The summed E-state index contributed by atoms with van der Waals surface area (Å²) in [5.74, 6) is 1.14. The van der Waals surface area contributed by atoms with Crippen LogP contribution in [0.5, 0.6) is 0 Å². The van der Waals surface area contributed by atoms with Crippen molar-refractivity contribution in [2.75, 3.05) is 18.5 Å². The lowest BCUT2D eigenvalue weighted by Gasteiger charge is -2.36. The molecule has 0 spiro atoms. The first-order valence-corrected chi connectivity index (χ1v) is 11.3. The highest BCUT2D eigenvalue weighted by atomic mass is 35.5. The van der Waals surface area contributed by atoms with Crippen molar-refractivity contribution in [3.8, 4) is 11.3 Å². The third-order valence-corrected chi connectivity index (χ3v) is 6.72. The van der Waals surface area contributed by atoms with Crippen LogP contribution in [0.15, 0.2) is 54.7 Å². The summed E-state index contributed by atoms with van der Waals surface area (Å²) in [5.41, 5.74) is 3.05. The van der Waals surface area contributed by atoms with Gasteiger partial charge in [0.15, 0.2) is 0 Å². The monoisotopic (exact) mass is 435 g/mol. The van der Waals surface area contributed by atoms with Gasteiger partial charge >= 0.3 is 0 Å². The molecule has 1 saturated heterocycles. The molecule has 3 aromatic rings. The molecule has 1 amide bonds. The van der Waals surface area contributed by atoms with Crippen molar-refractivity contribution in [2.45, 2.75) is 44.1 Å². The number of fused-ring (bicyclic) bond motifs is 1. The Bertz CT molecular complexity index is 1080. The number of rotatable bonds is 4. The summed E-state index contributed by atoms with van der Waals surface area (Å²) >= 11 is 6.25. The van der Waals surface area contributed by atoms with E-state index < -0.39 is 5.41 Å². The van der Waals surface area contributed by atoms with Gasteiger partial charge in [0.05, 0.1) is 11.1 Å². The first kappa shape index (κ1) is 20.3. The zero-order chi connectivity index (χ0) is 21.3. The van der Waals surface area contributed by atoms with Gasteiger partial charge in [-0.1, -0.05) is 35.9 Å². The molecule has 0 unspecified atom stereocenters. The second kappa shape index (κ2) is 8.48. The zero-order valence-electron chi connectivity index (χ0n) is 17.4. The molecule has 31 heavy (non-hydrogen) atoms. The molecule has 2 aliphatic rings. The number of hydrogen-bond acceptors (Lipinski definition) is 3. The molecule has 1 N–H and O–H groups in total. The van der Waals surface area contributed by atoms with Crippen LogP contribution in [0.4, 0.5) is 5.69 Å². The minimum atomic E-state index is -0.646. The fourth-order valence-electron chi connectivity index (χ4n) is 4.71. The summed E-state index contributed by atoms with van der Waals surface area (Å²) < 4.78 is 7.82. The second-order valence-electron chi connectivity index (χ2n) is 8.43. The van der Waals surface area contributed by atoms with Crippen LogP contribution < -0.4 is 5.32 Å². The van der Waals surface area contributed by atoms with Gasteiger partial charge in [0, 0.05) is 48.6 Å². The standard InChI is InChI=1S/C25H26ClN3O2/c26-20-7-4-6-19(16-20)25(10-13-31-14-11-25)24(30)27-21-8-3-5-18(15-21)22-17-29-12-2-1-9-23(29)28-22/h3-8,15-17H,1-2,9-14H2,(H,27,30). The smallest absolute Gasteiger partial charge is 0.235 e. The number of nitrogens with one attached hydrogen (secondary N) is 1. The second-order valence-corrected chi connectivity index (χ2v) is 8.87. The summed E-state index contributed by atoms with van der Waals surface area (Å²) in [4.78, 5) is 18.4. The van der Waals surface area contributed by atoms with Crippen molar-refractivity contribution in [3.05, 3.63) is 71.1 Å². The van der Waals surface area contributed by atoms with Gasteiger partial charge in [-0.25, -0.2) is 4.98 Å². The molecule has 5 nitrogen and oxygen atoms in total. The Morgan fingerprint density at radius 2 is 1.94 bits per heavy atom. The van der Waals surface area contributed by atoms with E-state index in [-0.39, 0.29) is 5.91 Å². The number of hydrogen-bond donors (Lipinski definition) is 1. The van der Waals surface area contributed by atoms with E-state index in [0.29, 0.717) is 31.1 Å². The highest BCUT2D eigenvalue weighted by Crippen LogP contribution is 2.37. The number of benzene rings is 2. The number of nitrogens with zero attached hydrogens (tertiary/aromatic N) is 2. The van der Waals surface area contributed by atoms with E-state index >= 15 is 0 Å². The highest BCUT2D eigenvalue weighted by Gasteiger charge is 2.41. The largest absolute Gasteiger partial charge is 0.381 e. The van der Waals surface area contributed by atoms with Crippen LogP contribution in [-0.2, 0) is 27.9 Å². The molecule has 0 saturated carbocycles. The van der Waals surface area contributed by atoms with Crippen molar-refractivity contribution >= 4 is 23.2 Å². The average molecular weight is 436 g/mol. The highest BCUT2D eigenvalue weighted by molar-refractivity contribution is 6.30. The lowest BCUT2D eigenvalue weighted by Crippen LogP contribution is -2.44. The summed E-state index contributed by atoms with van der Waals surface area (Å²) in [5, 5.41) is 3.81. The zero-order valence-corrected chi connectivity index (χ0v) is 18.2. The molecule has 1 aromatic heterocycles. The molecule has 0 radical (unpaired) electrons. The molecule has 1 fully saturated rings. The minimum absolute atomic E-state index is 0.0145. The van der Waals surface area contributed by atoms with Crippen LogP contribution in [-0.4, -0.2) is 28.7 Å². The predicted molar refractivity (Wildman–Crippen MR) is 122 cm³/mol. The number of carbonyl (C=O) groups excluding carboxylic acids is 1. The molecule has 5 rings (SSSR count). The predicted octanol–water partition coefficient (Wildman–Crippen LogP) is 5.23. The molecule has 3 heterocycles. The lowest BCUT2D eigenvalue weighted by atomic mass is 9.73. The fourth-order valence-corrected chi connectivity index (χ4v) is 4.90. The lowest BCUT2D eigenvalue weighted by molar-refractivity contribution is -0.125. The fraction of sp³-hybridized carbons (Fsp3) is 0.360. The van der Waals surface area contributed by atoms with Gasteiger partial charge < -0.3 is 14.6 Å². The SMILES string of the molecule is O=C(Nc1cccc(-c2cn3c(n2)CCCC3)c1)C1(c2cccc(Cl)c2)CCOCC1. The van der Waals surface area contributed by atoms with E-state index in [1.165, 1.54) is 12.8 Å². The first-order chi connectivity index (χ1) is 15.1. The number of ether oxygens (including phenoxy) is 1. The molecule has 0 aliphatic carbocycles. The third kappa shape index (κ3) is 4.00. The van der Waals surface area contributed by atoms with Crippen LogP contribution in [0.1, 0.15) is 37.1 Å². The molecular weight excluding hydrogens is 410 g/mol. The topological polar surface area (TPSA) is 56.2 Å². The maximum atomic E-state index is 13.6. The van der Waals surface area contributed by atoms with Gasteiger partial charge in [-0.2, -0.15) is 0 Å². The number of anilines is 1. The molecular formula is C25H26ClN3O2. The summed E-state index contributed by atoms with van der Waals surface area (Å²) in [6.07, 6.45) is 6.82. The third-order valence-electron chi connectivity index (χ3n) is 6.48. The Hall–Kier alpha value is -2.63.